The highest BCUT2D eigenvalue weighted by molar-refractivity contribution is 8.16. The molecule has 0 saturated heterocycles. The predicted octanol–water partition coefficient (Wildman–Crippen LogP) is 11.2. The molecule has 0 saturated carbocycles. The maximum absolute atomic E-state index is 4.74. The van der Waals surface area contributed by atoms with Gasteiger partial charge in [0.05, 0.1) is 16.6 Å². The van der Waals surface area contributed by atoms with Crippen LogP contribution in [0.15, 0.2) is 85.1 Å². The van der Waals surface area contributed by atoms with Gasteiger partial charge in [-0.3, -0.25) is 0 Å². The van der Waals surface area contributed by atoms with E-state index in [0.717, 1.165) is 41.1 Å². The minimum absolute atomic E-state index is 0.0939. The molecule has 0 fully saturated rings. The van der Waals surface area contributed by atoms with Crippen LogP contribution in [0.1, 0.15) is 90.5 Å². The summed E-state index contributed by atoms with van der Waals surface area (Å²) in [6.45, 7) is 8.60. The lowest BCUT2D eigenvalue weighted by atomic mass is 10.0. The Bertz CT molecular complexity index is 1170. The summed E-state index contributed by atoms with van der Waals surface area (Å²) in [5, 5.41) is 19.7. The second-order valence-electron chi connectivity index (χ2n) is 10.7. The second-order valence-corrected chi connectivity index (χ2v) is 13.0. The lowest BCUT2D eigenvalue weighted by Crippen LogP contribution is -2.21. The molecule has 0 aromatic heterocycles. The highest BCUT2D eigenvalue weighted by Gasteiger charge is 2.35. The lowest BCUT2D eigenvalue weighted by molar-refractivity contribution is 0.556. The minimum Gasteiger partial charge on any atom is -0.372 e. The van der Waals surface area contributed by atoms with Crippen LogP contribution < -0.4 is 4.90 Å². The number of rotatable bonds is 17. The largest absolute Gasteiger partial charge is 0.372 e. The van der Waals surface area contributed by atoms with E-state index in [1.807, 2.05) is 12.1 Å². The molecule has 2 aliphatic heterocycles. The maximum atomic E-state index is 4.74. The van der Waals surface area contributed by atoms with Crippen molar-refractivity contribution >= 4 is 45.8 Å². The minimum atomic E-state index is 0.0939. The third-order valence-corrected chi connectivity index (χ3v) is 9.89. The van der Waals surface area contributed by atoms with Gasteiger partial charge in [0, 0.05) is 18.8 Å². The Morgan fingerprint density at radius 2 is 1.24 bits per heavy atom. The Morgan fingerprint density at radius 1 is 0.659 bits per heavy atom. The highest BCUT2D eigenvalue weighted by Crippen LogP contribution is 2.45. The van der Waals surface area contributed by atoms with Gasteiger partial charge in [-0.15, -0.1) is 15.3 Å². The van der Waals surface area contributed by atoms with Crippen molar-refractivity contribution in [3.05, 3.63) is 65.2 Å². The number of unbranched alkanes of at least 4 members (excludes halogenated alkanes) is 9. The van der Waals surface area contributed by atoms with Crippen LogP contribution in [0, 0.1) is 0 Å². The predicted molar refractivity (Wildman–Crippen MR) is 179 cm³/mol. The van der Waals surface area contributed by atoms with Crippen LogP contribution in [-0.2, 0) is 6.42 Å². The number of anilines is 1. The molecule has 2 atom stereocenters. The number of nitrogens with zero attached hydrogens (tertiary/aromatic N) is 6. The molecule has 2 aliphatic rings. The summed E-state index contributed by atoms with van der Waals surface area (Å²) in [6, 6.07) is 16.8. The number of amidine groups is 1. The summed E-state index contributed by atoms with van der Waals surface area (Å²) in [4.78, 5) is 7.05. The number of fused-ring (bicyclic) bond motifs is 1. The summed E-state index contributed by atoms with van der Waals surface area (Å²) in [5.41, 5.74) is 4.33. The SMILES string of the molecule is CCCCCCCCCCCCc1ccc(N=NC2=CC3SC(N=Nc4ccc(N(CC)CC)cc4)=NC3S2)cc1. The fourth-order valence-electron chi connectivity index (χ4n) is 5.08. The number of aliphatic imine (C=N–C) groups is 1. The average Bonchev–Trinajstić information content (AvgIpc) is 3.56. The quantitative estimate of drug-likeness (QED) is 0.136. The van der Waals surface area contributed by atoms with E-state index in [2.05, 4.69) is 88.6 Å². The molecule has 2 aromatic carbocycles. The number of hydrogen-bond donors (Lipinski definition) is 0. The van der Waals surface area contributed by atoms with Gasteiger partial charge in [0.25, 0.3) is 0 Å². The van der Waals surface area contributed by atoms with Gasteiger partial charge >= 0.3 is 0 Å². The van der Waals surface area contributed by atoms with E-state index < -0.39 is 0 Å². The van der Waals surface area contributed by atoms with Gasteiger partial charge in [0.2, 0.25) is 5.17 Å². The van der Waals surface area contributed by atoms with E-state index in [9.17, 15) is 0 Å². The fraction of sp³-hybridized carbons (Fsp3) is 0.545. The first kappa shape index (κ1) is 31.5. The molecular formula is C33H46N6S2. The molecule has 2 heterocycles. The first-order valence-electron chi connectivity index (χ1n) is 15.6. The van der Waals surface area contributed by atoms with Crippen molar-refractivity contribution in [2.75, 3.05) is 18.0 Å². The second kappa shape index (κ2) is 17.5. The smallest absolute Gasteiger partial charge is 0.206 e. The number of aryl methyl sites for hydroxylation is 1. The average molecular weight is 591 g/mol. The van der Waals surface area contributed by atoms with Crippen LogP contribution in [0.4, 0.5) is 17.1 Å². The zero-order valence-electron chi connectivity index (χ0n) is 25.0. The molecule has 2 unspecified atom stereocenters. The molecule has 6 nitrogen and oxygen atoms in total. The van der Waals surface area contributed by atoms with Crippen LogP contribution in [0.2, 0.25) is 0 Å². The summed E-state index contributed by atoms with van der Waals surface area (Å²) < 4.78 is 0. The molecule has 2 aromatic rings. The number of thioether (sulfide) groups is 2. The van der Waals surface area contributed by atoms with Crippen LogP contribution in [-0.4, -0.2) is 28.9 Å². The highest BCUT2D eigenvalue weighted by atomic mass is 32.2. The monoisotopic (exact) mass is 590 g/mol. The molecule has 4 rings (SSSR count). The molecular weight excluding hydrogens is 545 g/mol. The topological polar surface area (TPSA) is 65.0 Å². The summed E-state index contributed by atoms with van der Waals surface area (Å²) >= 11 is 3.29. The molecule has 0 aliphatic carbocycles. The Hall–Kier alpha value is -2.45. The molecule has 0 spiro atoms. The van der Waals surface area contributed by atoms with Crippen molar-refractivity contribution < 1.29 is 0 Å². The zero-order chi connectivity index (χ0) is 28.7. The van der Waals surface area contributed by atoms with E-state index in [1.165, 1.54) is 75.5 Å². The van der Waals surface area contributed by atoms with Crippen molar-refractivity contribution in [1.82, 2.24) is 0 Å². The maximum Gasteiger partial charge on any atom is 0.206 e. The molecule has 0 amide bonds. The van der Waals surface area contributed by atoms with Gasteiger partial charge in [0.1, 0.15) is 10.4 Å². The normalized spacial score (nSPS) is 18.3. The first-order valence-corrected chi connectivity index (χ1v) is 17.3. The van der Waals surface area contributed by atoms with Gasteiger partial charge in [-0.1, -0.05) is 100 Å². The Labute approximate surface area is 255 Å². The van der Waals surface area contributed by atoms with Gasteiger partial charge in [-0.05, 0) is 74.7 Å². The van der Waals surface area contributed by atoms with E-state index in [4.69, 9.17) is 4.99 Å². The van der Waals surface area contributed by atoms with Crippen molar-refractivity contribution in [2.24, 2.45) is 25.4 Å². The molecule has 0 radical (unpaired) electrons. The molecule has 0 bridgehead atoms. The van der Waals surface area contributed by atoms with Gasteiger partial charge in [-0.2, -0.15) is 5.11 Å². The van der Waals surface area contributed by atoms with Crippen molar-refractivity contribution in [1.29, 1.82) is 0 Å². The van der Waals surface area contributed by atoms with E-state index in [0.29, 0.717) is 0 Å². The van der Waals surface area contributed by atoms with E-state index in [-0.39, 0.29) is 10.6 Å². The van der Waals surface area contributed by atoms with Crippen LogP contribution >= 0.6 is 23.5 Å². The first-order chi connectivity index (χ1) is 20.2. The number of azo groups is 2. The third-order valence-electron chi connectivity index (χ3n) is 7.56. The van der Waals surface area contributed by atoms with E-state index in [1.54, 1.807) is 23.5 Å². The van der Waals surface area contributed by atoms with Crippen molar-refractivity contribution in [2.45, 2.75) is 102 Å². The Kier molecular flexibility index (Phi) is 13.4. The van der Waals surface area contributed by atoms with Crippen LogP contribution in [0.3, 0.4) is 0 Å². The molecule has 8 heteroatoms. The van der Waals surface area contributed by atoms with Crippen LogP contribution in [0.5, 0.6) is 0 Å². The van der Waals surface area contributed by atoms with Gasteiger partial charge < -0.3 is 4.90 Å². The van der Waals surface area contributed by atoms with E-state index >= 15 is 0 Å². The Morgan fingerprint density at radius 3 is 1.85 bits per heavy atom. The molecule has 220 valence electrons. The fourth-order valence-corrected chi connectivity index (χ4v) is 7.38. The summed E-state index contributed by atoms with van der Waals surface area (Å²) in [5.74, 6) is 0. The third kappa shape index (κ3) is 10.4. The van der Waals surface area contributed by atoms with Crippen molar-refractivity contribution in [3.63, 3.8) is 0 Å². The number of benzene rings is 2. The summed E-state index contributed by atoms with van der Waals surface area (Å²) in [6.07, 6.45) is 17.0. The van der Waals surface area contributed by atoms with Crippen molar-refractivity contribution in [3.8, 4) is 0 Å². The van der Waals surface area contributed by atoms with Crippen LogP contribution in [0.25, 0.3) is 0 Å². The van der Waals surface area contributed by atoms with Gasteiger partial charge in [-0.25, -0.2) is 4.99 Å². The zero-order valence-corrected chi connectivity index (χ0v) is 26.7. The lowest BCUT2D eigenvalue weighted by Gasteiger charge is -2.20. The summed E-state index contributed by atoms with van der Waals surface area (Å²) in [7, 11) is 0. The van der Waals surface area contributed by atoms with Gasteiger partial charge in [0.15, 0.2) is 0 Å². The standard InChI is InChI=1S/C33H46N6S2/c1-4-7-8-9-10-11-12-13-14-15-16-26-17-19-27(20-18-26)35-37-31-25-30-32(41-31)34-33(40-30)38-36-28-21-23-29(24-22-28)39(5-2)6-3/h17-25,30,32H,4-16H2,1-3H3. The number of hydrogen-bond acceptors (Lipinski definition) is 8. The molecule has 41 heavy (non-hydrogen) atoms. The Balaban J connectivity index is 1.13. The molecule has 0 N–H and O–H groups in total.